The molecule has 88 valence electrons. The number of carbonyl (C=O) groups is 1. The Morgan fingerprint density at radius 1 is 1.31 bits per heavy atom. The summed E-state index contributed by atoms with van der Waals surface area (Å²) in [6.45, 7) is 4.18. The Morgan fingerprint density at radius 2 is 1.94 bits per heavy atom. The molecule has 1 unspecified atom stereocenters. The van der Waals surface area contributed by atoms with Crippen LogP contribution in [0.25, 0.3) is 0 Å². The first-order valence-corrected chi connectivity index (χ1v) is 5.87. The van der Waals surface area contributed by atoms with E-state index in [1.807, 2.05) is 12.1 Å². The first-order valence-electron chi connectivity index (χ1n) is 5.49. The van der Waals surface area contributed by atoms with Crippen LogP contribution in [0.5, 0.6) is 0 Å². The highest BCUT2D eigenvalue weighted by Crippen LogP contribution is 2.29. The molecular formula is C13H17ClO2. The minimum Gasteiger partial charge on any atom is -0.481 e. The molecule has 1 aromatic carbocycles. The average molecular weight is 241 g/mol. The highest BCUT2D eigenvalue weighted by atomic mass is 35.5. The van der Waals surface area contributed by atoms with E-state index in [4.69, 9.17) is 11.6 Å². The van der Waals surface area contributed by atoms with E-state index in [0.29, 0.717) is 17.4 Å². The maximum Gasteiger partial charge on any atom is 0.311 e. The van der Waals surface area contributed by atoms with Gasteiger partial charge in [0.1, 0.15) is 0 Å². The fourth-order valence-electron chi connectivity index (χ4n) is 1.67. The first kappa shape index (κ1) is 13.0. The Balaban J connectivity index is 2.86. The first-order chi connectivity index (χ1) is 7.52. The summed E-state index contributed by atoms with van der Waals surface area (Å²) >= 11 is 6.02. The fraction of sp³-hybridized carbons (Fsp3) is 0.462. The van der Waals surface area contributed by atoms with Gasteiger partial charge in [0.2, 0.25) is 0 Å². The van der Waals surface area contributed by atoms with Gasteiger partial charge in [-0.25, -0.2) is 0 Å². The lowest BCUT2D eigenvalue weighted by atomic mass is 9.91. The van der Waals surface area contributed by atoms with E-state index in [0.717, 1.165) is 12.0 Å². The van der Waals surface area contributed by atoms with Crippen LogP contribution >= 0.6 is 11.6 Å². The number of benzene rings is 1. The molecule has 0 saturated carbocycles. The van der Waals surface area contributed by atoms with Crippen LogP contribution in [0.15, 0.2) is 24.3 Å². The van der Waals surface area contributed by atoms with Crippen molar-refractivity contribution in [1.29, 1.82) is 0 Å². The van der Waals surface area contributed by atoms with Gasteiger partial charge >= 0.3 is 5.97 Å². The zero-order valence-corrected chi connectivity index (χ0v) is 10.4. The van der Waals surface area contributed by atoms with Crippen molar-refractivity contribution < 1.29 is 9.90 Å². The Kier molecular flexibility index (Phi) is 4.81. The predicted molar refractivity (Wildman–Crippen MR) is 65.9 cm³/mol. The molecule has 0 amide bonds. The molecule has 0 aliphatic rings. The van der Waals surface area contributed by atoms with E-state index in [9.17, 15) is 9.90 Å². The van der Waals surface area contributed by atoms with Crippen molar-refractivity contribution in [2.75, 3.05) is 0 Å². The van der Waals surface area contributed by atoms with Gasteiger partial charge in [-0.15, -0.1) is 0 Å². The van der Waals surface area contributed by atoms with Gasteiger partial charge in [0.25, 0.3) is 0 Å². The van der Waals surface area contributed by atoms with Crippen LogP contribution in [0.4, 0.5) is 0 Å². The number of halogens is 1. The molecule has 1 rings (SSSR count). The second kappa shape index (κ2) is 5.90. The van der Waals surface area contributed by atoms with E-state index in [2.05, 4.69) is 13.8 Å². The summed E-state index contributed by atoms with van der Waals surface area (Å²) in [7, 11) is 0. The second-order valence-corrected chi connectivity index (χ2v) is 4.79. The van der Waals surface area contributed by atoms with Crippen molar-refractivity contribution >= 4 is 17.6 Å². The molecule has 2 nitrogen and oxygen atoms in total. The number of carboxylic acid groups (broad SMARTS) is 1. The minimum atomic E-state index is -0.797. The molecule has 1 aromatic rings. The standard InChI is InChI=1S/C13H17ClO2/c1-9(2)7-8-11(13(15)16)10-5-3-4-6-12(10)14/h3-6,9,11H,7-8H2,1-2H3,(H,15,16). The van der Waals surface area contributed by atoms with Gasteiger partial charge in [-0.1, -0.05) is 43.6 Å². The summed E-state index contributed by atoms with van der Waals surface area (Å²) in [5, 5.41) is 9.75. The summed E-state index contributed by atoms with van der Waals surface area (Å²) in [5.74, 6) is -0.783. The van der Waals surface area contributed by atoms with Gasteiger partial charge in [0, 0.05) is 5.02 Å². The van der Waals surface area contributed by atoms with E-state index in [-0.39, 0.29) is 0 Å². The molecule has 3 heteroatoms. The summed E-state index contributed by atoms with van der Waals surface area (Å²) in [6, 6.07) is 7.17. The summed E-state index contributed by atoms with van der Waals surface area (Å²) in [6.07, 6.45) is 1.53. The summed E-state index contributed by atoms with van der Waals surface area (Å²) in [4.78, 5) is 11.2. The van der Waals surface area contributed by atoms with Crippen molar-refractivity contribution in [3.05, 3.63) is 34.9 Å². The molecule has 0 aliphatic heterocycles. The van der Waals surface area contributed by atoms with Crippen LogP contribution in [0.3, 0.4) is 0 Å². The SMILES string of the molecule is CC(C)CCC(C(=O)O)c1ccccc1Cl. The topological polar surface area (TPSA) is 37.3 Å². The maximum atomic E-state index is 11.2. The quantitative estimate of drug-likeness (QED) is 0.846. The van der Waals surface area contributed by atoms with Crippen molar-refractivity contribution in [2.45, 2.75) is 32.6 Å². The summed E-state index contributed by atoms with van der Waals surface area (Å²) in [5.41, 5.74) is 0.720. The molecule has 0 bridgehead atoms. The van der Waals surface area contributed by atoms with Gasteiger partial charge in [0.15, 0.2) is 0 Å². The van der Waals surface area contributed by atoms with Crippen LogP contribution < -0.4 is 0 Å². The molecule has 0 spiro atoms. The molecule has 1 atom stereocenters. The predicted octanol–water partition coefficient (Wildman–Crippen LogP) is 3.94. The third-order valence-electron chi connectivity index (χ3n) is 2.61. The highest BCUT2D eigenvalue weighted by molar-refractivity contribution is 6.31. The monoisotopic (exact) mass is 240 g/mol. The van der Waals surface area contributed by atoms with Crippen LogP contribution in [-0.4, -0.2) is 11.1 Å². The van der Waals surface area contributed by atoms with Gasteiger partial charge < -0.3 is 5.11 Å². The van der Waals surface area contributed by atoms with Crippen LogP contribution in [0.2, 0.25) is 5.02 Å². The normalized spacial score (nSPS) is 12.8. The van der Waals surface area contributed by atoms with Crippen LogP contribution in [0, 0.1) is 5.92 Å². The number of aliphatic carboxylic acids is 1. The number of hydrogen-bond donors (Lipinski definition) is 1. The van der Waals surface area contributed by atoms with Gasteiger partial charge in [0.05, 0.1) is 5.92 Å². The third-order valence-corrected chi connectivity index (χ3v) is 2.96. The lowest BCUT2D eigenvalue weighted by Crippen LogP contribution is -2.13. The molecular weight excluding hydrogens is 224 g/mol. The number of hydrogen-bond acceptors (Lipinski definition) is 1. The van der Waals surface area contributed by atoms with E-state index in [1.165, 1.54) is 0 Å². The smallest absolute Gasteiger partial charge is 0.311 e. The molecule has 0 radical (unpaired) electrons. The van der Waals surface area contributed by atoms with E-state index < -0.39 is 11.9 Å². The van der Waals surface area contributed by atoms with Crippen LogP contribution in [0.1, 0.15) is 38.2 Å². The van der Waals surface area contributed by atoms with Crippen molar-refractivity contribution in [2.24, 2.45) is 5.92 Å². The van der Waals surface area contributed by atoms with Crippen molar-refractivity contribution in [3.63, 3.8) is 0 Å². The molecule has 0 aromatic heterocycles. The fourth-order valence-corrected chi connectivity index (χ4v) is 1.94. The lowest BCUT2D eigenvalue weighted by Gasteiger charge is -2.15. The van der Waals surface area contributed by atoms with Gasteiger partial charge in [-0.3, -0.25) is 4.79 Å². The van der Waals surface area contributed by atoms with E-state index >= 15 is 0 Å². The second-order valence-electron chi connectivity index (χ2n) is 4.38. The van der Waals surface area contributed by atoms with Crippen molar-refractivity contribution in [1.82, 2.24) is 0 Å². The highest BCUT2D eigenvalue weighted by Gasteiger charge is 2.21. The summed E-state index contributed by atoms with van der Waals surface area (Å²) < 4.78 is 0. The third kappa shape index (κ3) is 3.53. The zero-order chi connectivity index (χ0) is 12.1. The minimum absolute atomic E-state index is 0.490. The molecule has 0 aliphatic carbocycles. The lowest BCUT2D eigenvalue weighted by molar-refractivity contribution is -0.139. The van der Waals surface area contributed by atoms with E-state index in [1.54, 1.807) is 12.1 Å². The molecule has 0 fully saturated rings. The Morgan fingerprint density at radius 3 is 2.44 bits per heavy atom. The molecule has 16 heavy (non-hydrogen) atoms. The zero-order valence-electron chi connectivity index (χ0n) is 9.61. The molecule has 0 saturated heterocycles. The van der Waals surface area contributed by atoms with Gasteiger partial charge in [-0.05, 0) is 30.4 Å². The Bertz CT molecular complexity index is 361. The Hall–Kier alpha value is -1.02. The molecule has 1 N–H and O–H groups in total. The Labute approximate surface area is 101 Å². The number of rotatable bonds is 5. The van der Waals surface area contributed by atoms with Crippen LogP contribution in [-0.2, 0) is 4.79 Å². The number of carboxylic acids is 1. The van der Waals surface area contributed by atoms with Gasteiger partial charge in [-0.2, -0.15) is 0 Å². The largest absolute Gasteiger partial charge is 0.481 e. The average Bonchev–Trinajstić information content (AvgIpc) is 2.20. The molecule has 0 heterocycles. The van der Waals surface area contributed by atoms with Crippen molar-refractivity contribution in [3.8, 4) is 0 Å². The maximum absolute atomic E-state index is 11.2.